The molecule has 4 atom stereocenters. The highest BCUT2D eigenvalue weighted by Crippen LogP contribution is 2.50. The highest BCUT2D eigenvalue weighted by Gasteiger charge is 2.61. The molecule has 6 nitrogen and oxygen atoms in total. The lowest BCUT2D eigenvalue weighted by Crippen LogP contribution is -2.43. The van der Waals surface area contributed by atoms with Gasteiger partial charge in [-0.2, -0.15) is 5.10 Å². The van der Waals surface area contributed by atoms with E-state index in [0.717, 1.165) is 21.2 Å². The lowest BCUT2D eigenvalue weighted by molar-refractivity contribution is -0.529. The fourth-order valence-corrected chi connectivity index (χ4v) is 4.68. The highest BCUT2D eigenvalue weighted by molar-refractivity contribution is 9.10. The molecule has 2 aromatic rings. The number of Topliss-reactive ketones (excluding diaryl/α,β-unsaturated/α-hetero) is 1. The lowest BCUT2D eigenvalue weighted by atomic mass is 9.78. The van der Waals surface area contributed by atoms with Crippen LogP contribution in [0.1, 0.15) is 49.4 Å². The molecule has 0 unspecified atom stereocenters. The summed E-state index contributed by atoms with van der Waals surface area (Å²) >= 11 is 3.42. The summed E-state index contributed by atoms with van der Waals surface area (Å²) in [6.07, 6.45) is 1.70. The minimum atomic E-state index is -0.980. The van der Waals surface area contributed by atoms with Gasteiger partial charge in [-0.05, 0) is 23.3 Å². The smallest absolute Gasteiger partial charge is 0.248 e. The molecule has 29 heavy (non-hydrogen) atoms. The van der Waals surface area contributed by atoms with E-state index in [1.54, 1.807) is 11.2 Å². The Kier molecular flexibility index (Phi) is 4.81. The molecule has 150 valence electrons. The van der Waals surface area contributed by atoms with Crippen LogP contribution in [0.2, 0.25) is 0 Å². The molecule has 2 heterocycles. The number of hydrogen-bond donors (Lipinski definition) is 0. The number of benzene rings is 2. The summed E-state index contributed by atoms with van der Waals surface area (Å²) in [7, 11) is 0. The summed E-state index contributed by atoms with van der Waals surface area (Å²) in [5, 5.41) is 18.6. The number of fused-ring (bicyclic) bond motifs is 3. The molecule has 0 aliphatic carbocycles. The second kappa shape index (κ2) is 7.06. The van der Waals surface area contributed by atoms with E-state index in [1.165, 1.54) is 0 Å². The third-order valence-corrected chi connectivity index (χ3v) is 6.28. The fraction of sp³-hybridized carbons (Fsp3) is 0.364. The molecule has 0 radical (unpaired) electrons. The summed E-state index contributed by atoms with van der Waals surface area (Å²) in [4.78, 5) is 25.6. The Morgan fingerprint density at radius 1 is 1.14 bits per heavy atom. The third-order valence-electron chi connectivity index (χ3n) is 5.75. The number of nitro groups is 1. The molecule has 2 aliphatic rings. The van der Waals surface area contributed by atoms with Gasteiger partial charge < -0.3 is 0 Å². The fourth-order valence-electron chi connectivity index (χ4n) is 4.41. The van der Waals surface area contributed by atoms with Crippen molar-refractivity contribution in [2.75, 3.05) is 0 Å². The van der Waals surface area contributed by atoms with Gasteiger partial charge in [0.15, 0.2) is 5.78 Å². The maximum absolute atomic E-state index is 13.5. The Labute approximate surface area is 177 Å². The molecule has 0 spiro atoms. The number of hydrogen-bond acceptors (Lipinski definition) is 5. The van der Waals surface area contributed by atoms with Gasteiger partial charge >= 0.3 is 0 Å². The third kappa shape index (κ3) is 3.27. The van der Waals surface area contributed by atoms with Crippen molar-refractivity contribution in [3.63, 3.8) is 0 Å². The number of ketones is 1. The van der Waals surface area contributed by atoms with Crippen molar-refractivity contribution in [2.24, 2.45) is 10.5 Å². The Hall–Kier alpha value is -2.54. The molecule has 2 aromatic carbocycles. The highest BCUT2D eigenvalue weighted by atomic mass is 79.9. The first-order chi connectivity index (χ1) is 13.7. The van der Waals surface area contributed by atoms with Gasteiger partial charge in [-0.25, -0.2) is 0 Å². The zero-order valence-corrected chi connectivity index (χ0v) is 18.0. The maximum atomic E-state index is 13.5. The van der Waals surface area contributed by atoms with E-state index in [9.17, 15) is 14.9 Å². The summed E-state index contributed by atoms with van der Waals surface area (Å²) in [5.74, 6) is -0.644. The first-order valence-electron chi connectivity index (χ1n) is 9.54. The summed E-state index contributed by atoms with van der Waals surface area (Å²) in [5.41, 5.74) is 1.83. The van der Waals surface area contributed by atoms with Crippen LogP contribution in [0.25, 0.3) is 0 Å². The zero-order valence-electron chi connectivity index (χ0n) is 16.4. The lowest BCUT2D eigenvalue weighted by Gasteiger charge is -2.33. The largest absolute Gasteiger partial charge is 0.297 e. The standard InChI is InChI=1S/C22H22BrN3O3/c1-22(2,3)21(27)20-17(13-8-10-15(23)11-9-13)19(26(28)29)18-16-7-5-4-6-14(16)12-24-25(18)20/h4-12,17-20H,1-3H3/t17-,18-,19+,20+/m1/s1. The van der Waals surface area contributed by atoms with E-state index in [2.05, 4.69) is 21.0 Å². The van der Waals surface area contributed by atoms with E-state index in [0.29, 0.717) is 0 Å². The average molecular weight is 456 g/mol. The molecular formula is C22H22BrN3O3. The van der Waals surface area contributed by atoms with Crippen molar-refractivity contribution in [1.29, 1.82) is 0 Å². The Balaban J connectivity index is 1.93. The molecule has 0 saturated carbocycles. The maximum Gasteiger partial charge on any atom is 0.248 e. The van der Waals surface area contributed by atoms with Crippen molar-refractivity contribution >= 4 is 27.9 Å². The first kappa shape index (κ1) is 19.8. The molecule has 0 amide bonds. The van der Waals surface area contributed by atoms with Crippen LogP contribution in [0, 0.1) is 15.5 Å². The van der Waals surface area contributed by atoms with Crippen molar-refractivity contribution in [2.45, 2.75) is 44.8 Å². The van der Waals surface area contributed by atoms with Gasteiger partial charge in [-0.3, -0.25) is 19.9 Å². The zero-order chi connectivity index (χ0) is 20.9. The Morgan fingerprint density at radius 2 is 1.79 bits per heavy atom. The van der Waals surface area contributed by atoms with Gasteiger partial charge in [0.1, 0.15) is 12.1 Å². The van der Waals surface area contributed by atoms with Crippen molar-refractivity contribution in [1.82, 2.24) is 5.01 Å². The topological polar surface area (TPSA) is 75.8 Å². The van der Waals surface area contributed by atoms with E-state index in [-0.39, 0.29) is 10.7 Å². The number of hydrazone groups is 1. The Morgan fingerprint density at radius 3 is 2.41 bits per heavy atom. The molecule has 0 bridgehead atoms. The van der Waals surface area contributed by atoms with Gasteiger partial charge in [0, 0.05) is 20.4 Å². The normalized spacial score (nSPS) is 25.4. The monoisotopic (exact) mass is 455 g/mol. The molecule has 4 rings (SSSR count). The van der Waals surface area contributed by atoms with Gasteiger partial charge in [0.25, 0.3) is 0 Å². The van der Waals surface area contributed by atoms with Crippen LogP contribution in [0.5, 0.6) is 0 Å². The van der Waals surface area contributed by atoms with Crippen LogP contribution >= 0.6 is 15.9 Å². The van der Waals surface area contributed by atoms with Crippen LogP contribution in [0.3, 0.4) is 0 Å². The molecule has 7 heteroatoms. The first-order valence-corrected chi connectivity index (χ1v) is 10.3. The molecule has 2 aliphatic heterocycles. The van der Waals surface area contributed by atoms with Crippen molar-refractivity contribution < 1.29 is 9.72 Å². The van der Waals surface area contributed by atoms with Crippen LogP contribution in [-0.2, 0) is 4.79 Å². The minimum Gasteiger partial charge on any atom is -0.297 e. The number of halogens is 1. The molecule has 0 aromatic heterocycles. The van der Waals surface area contributed by atoms with E-state index >= 15 is 0 Å². The van der Waals surface area contributed by atoms with Crippen molar-refractivity contribution in [3.05, 3.63) is 79.8 Å². The van der Waals surface area contributed by atoms with Crippen LogP contribution in [-0.4, -0.2) is 34.0 Å². The van der Waals surface area contributed by atoms with Crippen LogP contribution in [0.4, 0.5) is 0 Å². The molecule has 1 fully saturated rings. The second-order valence-electron chi connectivity index (χ2n) is 8.61. The quantitative estimate of drug-likeness (QED) is 0.501. The average Bonchev–Trinajstić information content (AvgIpc) is 3.02. The summed E-state index contributed by atoms with van der Waals surface area (Å²) < 4.78 is 0.886. The van der Waals surface area contributed by atoms with Crippen molar-refractivity contribution in [3.8, 4) is 0 Å². The van der Waals surface area contributed by atoms with Gasteiger partial charge in [0.2, 0.25) is 6.04 Å². The second-order valence-corrected chi connectivity index (χ2v) is 9.53. The summed E-state index contributed by atoms with van der Waals surface area (Å²) in [6, 6.07) is 12.7. The molecule has 1 saturated heterocycles. The Bertz CT molecular complexity index is 997. The predicted molar refractivity (Wildman–Crippen MR) is 115 cm³/mol. The number of carbonyl (C=O) groups is 1. The van der Waals surface area contributed by atoms with E-state index in [1.807, 2.05) is 69.3 Å². The number of nitrogens with zero attached hydrogens (tertiary/aromatic N) is 3. The predicted octanol–water partition coefficient (Wildman–Crippen LogP) is 4.57. The van der Waals surface area contributed by atoms with Gasteiger partial charge in [-0.1, -0.05) is 73.1 Å². The minimum absolute atomic E-state index is 0.0451. The van der Waals surface area contributed by atoms with Gasteiger partial charge in [0.05, 0.1) is 12.1 Å². The van der Waals surface area contributed by atoms with E-state index in [4.69, 9.17) is 0 Å². The number of rotatable bonds is 3. The van der Waals surface area contributed by atoms with Crippen LogP contribution < -0.4 is 0 Å². The van der Waals surface area contributed by atoms with Crippen LogP contribution in [0.15, 0.2) is 58.1 Å². The SMILES string of the molecule is CC(C)(C)C(=O)[C@@H]1[C@H](c2ccc(Br)cc2)[C@H]([N+](=O)[O-])[C@H]2c3ccccc3C=NN12. The van der Waals surface area contributed by atoms with Gasteiger partial charge in [-0.15, -0.1) is 0 Å². The van der Waals surface area contributed by atoms with E-state index < -0.39 is 29.5 Å². The summed E-state index contributed by atoms with van der Waals surface area (Å²) in [6.45, 7) is 5.55. The number of carbonyl (C=O) groups excluding carboxylic acids is 1. The molecular weight excluding hydrogens is 434 g/mol. The molecule has 0 N–H and O–H groups in total.